The van der Waals surface area contributed by atoms with Crippen molar-refractivity contribution in [2.45, 2.75) is 19.9 Å². The van der Waals surface area contributed by atoms with Gasteiger partial charge in [-0.25, -0.2) is 0 Å². The average Bonchev–Trinajstić information content (AvgIpc) is 2.25. The molecule has 14 heavy (non-hydrogen) atoms. The van der Waals surface area contributed by atoms with Gasteiger partial charge in [-0.2, -0.15) is 0 Å². The zero-order valence-electron chi connectivity index (χ0n) is 8.44. The van der Waals surface area contributed by atoms with Crippen molar-refractivity contribution in [1.82, 2.24) is 4.90 Å². The van der Waals surface area contributed by atoms with E-state index in [4.69, 9.17) is 0 Å². The molecule has 0 saturated carbocycles. The van der Waals surface area contributed by atoms with Gasteiger partial charge in [-0.1, -0.05) is 0 Å². The van der Waals surface area contributed by atoms with Crippen molar-refractivity contribution >= 4 is 22.6 Å². The van der Waals surface area contributed by atoms with E-state index in [-0.39, 0.29) is 17.9 Å². The second-order valence-corrected chi connectivity index (χ2v) is 4.91. The summed E-state index contributed by atoms with van der Waals surface area (Å²) in [7, 11) is -1.00. The maximum Gasteiger partial charge on any atom is 0.256 e. The highest BCUT2D eigenvalue weighted by Crippen LogP contribution is 2.15. The Kier molecular flexibility index (Phi) is 3.21. The second-order valence-electron chi connectivity index (χ2n) is 3.43. The largest absolute Gasteiger partial charge is 0.271 e. The van der Waals surface area contributed by atoms with Gasteiger partial charge in [-0.15, -0.1) is 0 Å². The van der Waals surface area contributed by atoms with Gasteiger partial charge in [0.15, 0.2) is 0 Å². The molecule has 0 aromatic carbocycles. The molecule has 1 aliphatic rings. The van der Waals surface area contributed by atoms with Gasteiger partial charge in [0.1, 0.15) is 0 Å². The van der Waals surface area contributed by atoms with Crippen molar-refractivity contribution < 1.29 is 13.8 Å². The van der Waals surface area contributed by atoms with E-state index in [1.54, 1.807) is 20.1 Å². The van der Waals surface area contributed by atoms with Crippen molar-refractivity contribution in [2.75, 3.05) is 12.0 Å². The monoisotopic (exact) mass is 215 g/mol. The minimum atomic E-state index is -1.00. The van der Waals surface area contributed by atoms with Gasteiger partial charge in [0, 0.05) is 40.5 Å². The summed E-state index contributed by atoms with van der Waals surface area (Å²) in [5.41, 5.74) is 0.448. The third kappa shape index (κ3) is 2.09. The van der Waals surface area contributed by atoms with Gasteiger partial charge in [-0.05, 0) is 13.8 Å². The predicted molar refractivity (Wildman–Crippen MR) is 54.0 cm³/mol. The van der Waals surface area contributed by atoms with Crippen molar-refractivity contribution in [2.24, 2.45) is 0 Å². The summed E-state index contributed by atoms with van der Waals surface area (Å²) in [6, 6.07) is -0.297. The molecule has 0 aromatic heterocycles. The lowest BCUT2D eigenvalue weighted by molar-refractivity contribution is -0.138. The molecular weight excluding hydrogens is 202 g/mol. The van der Waals surface area contributed by atoms with E-state index in [2.05, 4.69) is 0 Å². The van der Waals surface area contributed by atoms with Gasteiger partial charge in [0.05, 0.1) is 0 Å². The average molecular weight is 215 g/mol. The Labute approximate surface area is 85.4 Å². The molecule has 0 aliphatic carbocycles. The molecule has 0 spiro atoms. The molecule has 0 N–H and O–H groups in total. The van der Waals surface area contributed by atoms with Crippen molar-refractivity contribution in [1.29, 1.82) is 0 Å². The van der Waals surface area contributed by atoms with Crippen LogP contribution >= 0.6 is 0 Å². The Morgan fingerprint density at radius 3 is 2.43 bits per heavy atom. The summed E-state index contributed by atoms with van der Waals surface area (Å²) in [5, 5.41) is 0. The molecule has 0 fully saturated rings. The van der Waals surface area contributed by atoms with Crippen LogP contribution in [0.3, 0.4) is 0 Å². The Balaban J connectivity index is 2.76. The SMILES string of the molecule is CC1=CC(=O)N(C(C)CS(C)=O)C1=O. The first-order valence-electron chi connectivity index (χ1n) is 4.29. The van der Waals surface area contributed by atoms with Crippen LogP contribution in [0.2, 0.25) is 0 Å². The fourth-order valence-corrected chi connectivity index (χ4v) is 2.27. The van der Waals surface area contributed by atoms with E-state index in [9.17, 15) is 13.8 Å². The molecule has 2 unspecified atom stereocenters. The van der Waals surface area contributed by atoms with Crippen LogP contribution in [0.5, 0.6) is 0 Å². The van der Waals surface area contributed by atoms with Crippen LogP contribution in [0.15, 0.2) is 11.6 Å². The van der Waals surface area contributed by atoms with Crippen LogP contribution in [0, 0.1) is 0 Å². The lowest BCUT2D eigenvalue weighted by Crippen LogP contribution is -2.41. The first-order valence-corrected chi connectivity index (χ1v) is 6.02. The third-order valence-electron chi connectivity index (χ3n) is 2.05. The van der Waals surface area contributed by atoms with Gasteiger partial charge in [0.25, 0.3) is 11.8 Å². The molecule has 2 atom stereocenters. The van der Waals surface area contributed by atoms with Crippen LogP contribution in [0.4, 0.5) is 0 Å². The van der Waals surface area contributed by atoms with E-state index in [1.165, 1.54) is 6.08 Å². The third-order valence-corrected chi connectivity index (χ3v) is 3.00. The molecule has 0 radical (unpaired) electrons. The summed E-state index contributed by atoms with van der Waals surface area (Å²) in [6.45, 7) is 3.33. The van der Waals surface area contributed by atoms with E-state index < -0.39 is 10.8 Å². The number of carbonyl (C=O) groups excluding carboxylic acids is 2. The number of hydrogen-bond acceptors (Lipinski definition) is 3. The topological polar surface area (TPSA) is 54.5 Å². The zero-order valence-corrected chi connectivity index (χ0v) is 9.26. The summed E-state index contributed by atoms with van der Waals surface area (Å²) >= 11 is 0. The summed E-state index contributed by atoms with van der Waals surface area (Å²) in [4.78, 5) is 24.0. The number of hydrogen-bond donors (Lipinski definition) is 0. The molecule has 0 bridgehead atoms. The van der Waals surface area contributed by atoms with Gasteiger partial charge in [0.2, 0.25) is 0 Å². The van der Waals surface area contributed by atoms with E-state index >= 15 is 0 Å². The summed E-state index contributed by atoms with van der Waals surface area (Å²) in [6.07, 6.45) is 2.87. The van der Waals surface area contributed by atoms with Crippen LogP contribution in [0.25, 0.3) is 0 Å². The smallest absolute Gasteiger partial charge is 0.256 e. The maximum absolute atomic E-state index is 11.5. The molecule has 4 nitrogen and oxygen atoms in total. The van der Waals surface area contributed by atoms with Crippen molar-refractivity contribution in [3.63, 3.8) is 0 Å². The molecule has 1 rings (SSSR count). The molecule has 2 amide bonds. The lowest BCUT2D eigenvalue weighted by atomic mass is 10.3. The van der Waals surface area contributed by atoms with E-state index in [0.29, 0.717) is 11.3 Å². The molecule has 1 aliphatic heterocycles. The highest BCUT2D eigenvalue weighted by molar-refractivity contribution is 7.84. The Morgan fingerprint density at radius 2 is 2.07 bits per heavy atom. The van der Waals surface area contributed by atoms with Crippen molar-refractivity contribution in [3.8, 4) is 0 Å². The first kappa shape index (κ1) is 11.1. The normalized spacial score (nSPS) is 21.1. The van der Waals surface area contributed by atoms with Gasteiger partial charge >= 0.3 is 0 Å². The molecule has 1 heterocycles. The van der Waals surface area contributed by atoms with Crippen LogP contribution < -0.4 is 0 Å². The van der Waals surface area contributed by atoms with E-state index in [1.807, 2.05) is 0 Å². The Bertz CT molecular complexity index is 335. The lowest BCUT2D eigenvalue weighted by Gasteiger charge is -2.21. The first-order chi connectivity index (χ1) is 6.43. The van der Waals surface area contributed by atoms with Crippen LogP contribution in [0.1, 0.15) is 13.8 Å². The van der Waals surface area contributed by atoms with Gasteiger partial charge < -0.3 is 0 Å². The fourth-order valence-electron chi connectivity index (χ4n) is 1.44. The standard InChI is InChI=1S/C9H13NO3S/c1-6-4-8(11)10(9(6)12)7(2)5-14(3)13/h4,7H,5H2,1-3H3. The number of rotatable bonds is 3. The summed E-state index contributed by atoms with van der Waals surface area (Å²) < 4.78 is 11.0. The fraction of sp³-hybridized carbons (Fsp3) is 0.556. The second kappa shape index (κ2) is 4.04. The highest BCUT2D eigenvalue weighted by Gasteiger charge is 2.32. The highest BCUT2D eigenvalue weighted by atomic mass is 32.2. The molecule has 0 saturated heterocycles. The molecule has 78 valence electrons. The predicted octanol–water partition coefficient (Wildman–Crippen LogP) is 0.0685. The maximum atomic E-state index is 11.5. The van der Waals surface area contributed by atoms with Crippen LogP contribution in [-0.2, 0) is 20.4 Å². The molecule has 5 heteroatoms. The Hall–Kier alpha value is -0.970. The van der Waals surface area contributed by atoms with Crippen molar-refractivity contribution in [3.05, 3.63) is 11.6 Å². The van der Waals surface area contributed by atoms with E-state index in [0.717, 1.165) is 4.90 Å². The van der Waals surface area contributed by atoms with Gasteiger partial charge in [-0.3, -0.25) is 18.7 Å². The number of amides is 2. The minimum absolute atomic E-state index is 0.270. The minimum Gasteiger partial charge on any atom is -0.271 e. The molecular formula is C9H13NO3S. The number of nitrogens with zero attached hydrogens (tertiary/aromatic N) is 1. The molecule has 0 aromatic rings. The zero-order chi connectivity index (χ0) is 10.9. The Morgan fingerprint density at radius 1 is 1.50 bits per heavy atom. The van der Waals surface area contributed by atoms with Crippen LogP contribution in [-0.4, -0.2) is 39.0 Å². The summed E-state index contributed by atoms with van der Waals surface area (Å²) in [5.74, 6) is -0.239. The number of carbonyl (C=O) groups is 2. The quantitative estimate of drug-likeness (QED) is 0.626. The number of imide groups is 1.